The van der Waals surface area contributed by atoms with Crippen molar-refractivity contribution in [3.05, 3.63) is 5.15 Å². The molecule has 1 aromatic rings. The highest BCUT2D eigenvalue weighted by Gasteiger charge is 2.19. The zero-order valence-electron chi connectivity index (χ0n) is 10.4. The average Bonchev–Trinajstić information content (AvgIpc) is 2.38. The fraction of sp³-hybridized carbons (Fsp3) is 0.600. The van der Waals surface area contributed by atoms with Crippen molar-refractivity contribution in [2.24, 2.45) is 0 Å². The largest absolute Gasteiger partial charge is 0.357 e. The molecule has 0 bridgehead atoms. The molecule has 0 aliphatic carbocycles. The summed E-state index contributed by atoms with van der Waals surface area (Å²) in [6, 6.07) is 0. The third-order valence-corrected chi connectivity index (χ3v) is 3.82. The monoisotopic (exact) mass is 309 g/mol. The summed E-state index contributed by atoms with van der Waals surface area (Å²) in [7, 11) is 1.80. The van der Waals surface area contributed by atoms with Crippen LogP contribution in [0.5, 0.6) is 0 Å². The van der Waals surface area contributed by atoms with Crippen molar-refractivity contribution in [1.82, 2.24) is 15.3 Å². The lowest BCUT2D eigenvalue weighted by atomic mass is 10.3. The molecule has 18 heavy (non-hydrogen) atoms. The fourth-order valence-corrected chi connectivity index (χ4v) is 2.76. The molecule has 1 fully saturated rings. The Labute approximate surface area is 122 Å². The minimum Gasteiger partial charge on any atom is -0.357 e. The molecule has 2 heterocycles. The highest BCUT2D eigenvalue weighted by molar-refractivity contribution is 7.98. The quantitative estimate of drug-likeness (QED) is 0.655. The molecule has 0 unspecified atom stereocenters. The van der Waals surface area contributed by atoms with Gasteiger partial charge in [0.1, 0.15) is 11.0 Å². The molecular weight excluding hydrogens is 293 g/mol. The van der Waals surface area contributed by atoms with Crippen molar-refractivity contribution in [2.45, 2.75) is 4.90 Å². The predicted molar refractivity (Wildman–Crippen MR) is 80.7 cm³/mol. The van der Waals surface area contributed by atoms with Gasteiger partial charge in [0.2, 0.25) is 5.95 Å². The van der Waals surface area contributed by atoms with Crippen LogP contribution >= 0.6 is 35.8 Å². The molecule has 0 amide bonds. The predicted octanol–water partition coefficient (Wildman–Crippen LogP) is 1.72. The smallest absolute Gasteiger partial charge is 0.225 e. The van der Waals surface area contributed by atoms with Gasteiger partial charge in [-0.25, -0.2) is 0 Å². The molecule has 0 radical (unpaired) electrons. The third kappa shape index (κ3) is 3.32. The van der Waals surface area contributed by atoms with E-state index in [0.717, 1.165) is 36.9 Å². The number of piperazine rings is 1. The number of aromatic nitrogens is 2. The molecule has 0 atom stereocenters. The van der Waals surface area contributed by atoms with E-state index in [2.05, 4.69) is 25.5 Å². The summed E-state index contributed by atoms with van der Waals surface area (Å²) in [5, 5.41) is 6.78. The highest BCUT2D eigenvalue weighted by atomic mass is 35.5. The summed E-state index contributed by atoms with van der Waals surface area (Å²) < 4.78 is 0. The van der Waals surface area contributed by atoms with Crippen LogP contribution in [0.2, 0.25) is 5.15 Å². The van der Waals surface area contributed by atoms with Gasteiger partial charge in [-0.1, -0.05) is 11.6 Å². The Kier molecular flexibility index (Phi) is 6.28. The van der Waals surface area contributed by atoms with Crippen LogP contribution in [0.15, 0.2) is 4.90 Å². The second-order valence-corrected chi connectivity index (χ2v) is 4.86. The number of rotatable bonds is 3. The van der Waals surface area contributed by atoms with Gasteiger partial charge in [-0.2, -0.15) is 9.97 Å². The molecule has 1 saturated heterocycles. The first-order valence-electron chi connectivity index (χ1n) is 5.51. The summed E-state index contributed by atoms with van der Waals surface area (Å²) in [5.74, 6) is 1.50. The van der Waals surface area contributed by atoms with Crippen molar-refractivity contribution in [3.63, 3.8) is 0 Å². The lowest BCUT2D eigenvalue weighted by Crippen LogP contribution is -2.44. The van der Waals surface area contributed by atoms with Crippen molar-refractivity contribution < 1.29 is 0 Å². The molecular formula is C10H17Cl2N5S. The molecule has 8 heteroatoms. The number of halogens is 2. The standard InChI is InChI=1S/C10H16ClN5S.ClH/c1-12-10-14-8(11)7(17-2)9(15-10)16-5-3-13-4-6-16;/h13H,3-6H2,1-2H3,(H,12,14,15);1H. The van der Waals surface area contributed by atoms with Gasteiger partial charge in [0.05, 0.1) is 4.90 Å². The maximum atomic E-state index is 6.18. The molecule has 0 saturated carbocycles. The van der Waals surface area contributed by atoms with Gasteiger partial charge >= 0.3 is 0 Å². The Hall–Kier alpha value is -0.430. The first-order chi connectivity index (χ1) is 8.26. The van der Waals surface area contributed by atoms with Gasteiger partial charge in [-0.05, 0) is 6.26 Å². The first-order valence-corrected chi connectivity index (χ1v) is 7.11. The first kappa shape index (κ1) is 15.6. The van der Waals surface area contributed by atoms with Crippen molar-refractivity contribution in [1.29, 1.82) is 0 Å². The highest BCUT2D eigenvalue weighted by Crippen LogP contribution is 2.33. The number of hydrogen-bond donors (Lipinski definition) is 2. The Morgan fingerprint density at radius 3 is 2.56 bits per heavy atom. The van der Waals surface area contributed by atoms with Gasteiger partial charge in [0.15, 0.2) is 0 Å². The van der Waals surface area contributed by atoms with Crippen LogP contribution in [-0.4, -0.2) is 49.5 Å². The van der Waals surface area contributed by atoms with Crippen LogP contribution in [0.4, 0.5) is 11.8 Å². The van der Waals surface area contributed by atoms with E-state index in [9.17, 15) is 0 Å². The van der Waals surface area contributed by atoms with Gasteiger partial charge in [0.25, 0.3) is 0 Å². The molecule has 0 spiro atoms. The molecule has 102 valence electrons. The van der Waals surface area contributed by atoms with Gasteiger partial charge < -0.3 is 15.5 Å². The van der Waals surface area contributed by atoms with Crippen LogP contribution in [0.3, 0.4) is 0 Å². The molecule has 1 aliphatic heterocycles. The normalized spacial score (nSPS) is 15.2. The van der Waals surface area contributed by atoms with E-state index in [0.29, 0.717) is 11.1 Å². The van der Waals surface area contributed by atoms with E-state index in [-0.39, 0.29) is 12.4 Å². The van der Waals surface area contributed by atoms with Crippen LogP contribution < -0.4 is 15.5 Å². The number of thioether (sulfide) groups is 1. The minimum atomic E-state index is 0. The van der Waals surface area contributed by atoms with E-state index in [1.165, 1.54) is 0 Å². The van der Waals surface area contributed by atoms with Gasteiger partial charge in [-0.15, -0.1) is 24.2 Å². The zero-order chi connectivity index (χ0) is 12.3. The molecule has 0 aromatic carbocycles. The van der Waals surface area contributed by atoms with Crippen LogP contribution in [-0.2, 0) is 0 Å². The second-order valence-electron chi connectivity index (χ2n) is 3.68. The molecule has 5 nitrogen and oxygen atoms in total. The second kappa shape index (κ2) is 7.23. The van der Waals surface area contributed by atoms with E-state index in [1.54, 1.807) is 18.8 Å². The van der Waals surface area contributed by atoms with Crippen molar-refractivity contribution in [2.75, 3.05) is 49.7 Å². The Morgan fingerprint density at radius 1 is 1.33 bits per heavy atom. The summed E-state index contributed by atoms with van der Waals surface area (Å²) in [6.07, 6.45) is 2.00. The molecule has 2 rings (SSSR count). The number of nitrogens with one attached hydrogen (secondary N) is 2. The summed E-state index contributed by atoms with van der Waals surface area (Å²) >= 11 is 7.77. The fourth-order valence-electron chi connectivity index (χ4n) is 1.79. The van der Waals surface area contributed by atoms with E-state index >= 15 is 0 Å². The lowest BCUT2D eigenvalue weighted by molar-refractivity contribution is 0.581. The average molecular weight is 310 g/mol. The van der Waals surface area contributed by atoms with Crippen LogP contribution in [0.1, 0.15) is 0 Å². The SMILES string of the molecule is CNc1nc(Cl)c(SC)c(N2CCNCC2)n1.Cl. The van der Waals surface area contributed by atoms with Crippen molar-refractivity contribution in [3.8, 4) is 0 Å². The van der Waals surface area contributed by atoms with E-state index in [4.69, 9.17) is 11.6 Å². The summed E-state index contributed by atoms with van der Waals surface area (Å²) in [5.41, 5.74) is 0. The topological polar surface area (TPSA) is 53.1 Å². The molecule has 1 aromatic heterocycles. The minimum absolute atomic E-state index is 0. The number of nitrogens with zero attached hydrogens (tertiary/aromatic N) is 3. The lowest BCUT2D eigenvalue weighted by Gasteiger charge is -2.30. The van der Waals surface area contributed by atoms with Gasteiger partial charge in [-0.3, -0.25) is 0 Å². The number of anilines is 2. The molecule has 2 N–H and O–H groups in total. The van der Waals surface area contributed by atoms with E-state index < -0.39 is 0 Å². The van der Waals surface area contributed by atoms with E-state index in [1.807, 2.05) is 6.26 Å². The van der Waals surface area contributed by atoms with Crippen molar-refractivity contribution >= 4 is 47.5 Å². The Bertz CT molecular complexity index is 398. The maximum absolute atomic E-state index is 6.18. The summed E-state index contributed by atoms with van der Waals surface area (Å²) in [4.78, 5) is 11.9. The summed E-state index contributed by atoms with van der Waals surface area (Å²) in [6.45, 7) is 3.85. The zero-order valence-corrected chi connectivity index (χ0v) is 12.8. The maximum Gasteiger partial charge on any atom is 0.225 e. The Morgan fingerprint density at radius 2 is 2.00 bits per heavy atom. The molecule has 1 aliphatic rings. The third-order valence-electron chi connectivity index (χ3n) is 2.65. The van der Waals surface area contributed by atoms with Gasteiger partial charge in [0, 0.05) is 33.2 Å². The number of hydrogen-bond acceptors (Lipinski definition) is 6. The van der Waals surface area contributed by atoms with Crippen LogP contribution in [0, 0.1) is 0 Å². The Balaban J connectivity index is 0.00000162. The van der Waals surface area contributed by atoms with Crippen LogP contribution in [0.25, 0.3) is 0 Å².